The zero-order valence-corrected chi connectivity index (χ0v) is 14.8. The number of benzene rings is 1. The minimum absolute atomic E-state index is 0.304. The van der Waals surface area contributed by atoms with Crippen LogP contribution in [0.15, 0.2) is 41.5 Å². The molecule has 0 radical (unpaired) electrons. The molecule has 0 unspecified atom stereocenters. The Morgan fingerprint density at radius 3 is 2.88 bits per heavy atom. The first kappa shape index (κ1) is 17.4. The molecule has 3 N–H and O–H groups in total. The van der Waals surface area contributed by atoms with Crippen molar-refractivity contribution in [2.24, 2.45) is 10.7 Å². The summed E-state index contributed by atoms with van der Waals surface area (Å²) in [5.74, 6) is 1.56. The summed E-state index contributed by atoms with van der Waals surface area (Å²) in [6, 6.07) is 9.13. The molecule has 0 atom stereocenters. The fourth-order valence-electron chi connectivity index (χ4n) is 2.38. The van der Waals surface area contributed by atoms with E-state index >= 15 is 0 Å². The number of hydrogen-bond donors (Lipinski definition) is 2. The van der Waals surface area contributed by atoms with Gasteiger partial charge in [0.15, 0.2) is 5.96 Å². The molecule has 3 rings (SSSR count). The molecule has 0 aliphatic heterocycles. The summed E-state index contributed by atoms with van der Waals surface area (Å²) in [7, 11) is 1.57. The van der Waals surface area contributed by atoms with E-state index in [9.17, 15) is 0 Å². The number of anilines is 1. The normalized spacial score (nSPS) is 14.7. The van der Waals surface area contributed by atoms with Crippen LogP contribution in [0, 0.1) is 0 Å². The van der Waals surface area contributed by atoms with Crippen molar-refractivity contribution in [2.75, 3.05) is 12.4 Å². The average molecular weight is 361 g/mol. The minimum atomic E-state index is 0.304. The van der Waals surface area contributed by atoms with Crippen molar-refractivity contribution in [2.45, 2.75) is 31.9 Å². The van der Waals surface area contributed by atoms with Gasteiger partial charge in [0, 0.05) is 18.0 Å². The van der Waals surface area contributed by atoms with E-state index in [1.807, 2.05) is 18.2 Å². The van der Waals surface area contributed by atoms with Crippen LogP contribution in [0.4, 0.5) is 5.69 Å². The smallest absolute Gasteiger partial charge is 0.213 e. The van der Waals surface area contributed by atoms with Gasteiger partial charge in [-0.05, 0) is 49.1 Å². The average Bonchev–Trinajstić information content (AvgIpc) is 2.57. The van der Waals surface area contributed by atoms with Gasteiger partial charge in [0.1, 0.15) is 11.9 Å². The van der Waals surface area contributed by atoms with Gasteiger partial charge in [0.05, 0.1) is 18.7 Å². The summed E-state index contributed by atoms with van der Waals surface area (Å²) in [6.45, 7) is 0.437. The van der Waals surface area contributed by atoms with Crippen molar-refractivity contribution >= 4 is 23.2 Å². The molecule has 1 saturated carbocycles. The van der Waals surface area contributed by atoms with Crippen LogP contribution >= 0.6 is 11.6 Å². The molecule has 1 aromatic heterocycles. The van der Waals surface area contributed by atoms with Gasteiger partial charge in [0.2, 0.25) is 5.88 Å². The molecule has 0 saturated heterocycles. The standard InChI is InChI=1S/C18H21ClN4O2/c1-24-16-6-5-13(10-15(16)19)23-18(20)22-11-12-7-8-21-17(9-12)25-14-3-2-4-14/h5-10,14H,2-4,11H2,1H3,(H3,20,22,23). The Labute approximate surface area is 152 Å². The second-order valence-corrected chi connectivity index (χ2v) is 6.26. The molecule has 1 aliphatic carbocycles. The Hall–Kier alpha value is -2.47. The van der Waals surface area contributed by atoms with Crippen molar-refractivity contribution in [3.05, 3.63) is 47.1 Å². The van der Waals surface area contributed by atoms with Crippen LogP contribution in [-0.2, 0) is 6.54 Å². The van der Waals surface area contributed by atoms with Gasteiger partial charge in [-0.15, -0.1) is 0 Å². The highest BCUT2D eigenvalue weighted by atomic mass is 35.5. The molecule has 1 fully saturated rings. The number of nitrogens with zero attached hydrogens (tertiary/aromatic N) is 2. The van der Waals surface area contributed by atoms with Crippen LogP contribution < -0.4 is 20.5 Å². The highest BCUT2D eigenvalue weighted by Gasteiger charge is 2.19. The lowest BCUT2D eigenvalue weighted by atomic mass is 9.96. The maximum atomic E-state index is 6.09. The highest BCUT2D eigenvalue weighted by Crippen LogP contribution is 2.27. The first-order chi connectivity index (χ1) is 12.1. The fraction of sp³-hybridized carbons (Fsp3) is 0.333. The van der Waals surface area contributed by atoms with Crippen molar-refractivity contribution in [3.8, 4) is 11.6 Å². The molecule has 25 heavy (non-hydrogen) atoms. The Kier molecular flexibility index (Phi) is 5.60. The maximum Gasteiger partial charge on any atom is 0.213 e. The van der Waals surface area contributed by atoms with Gasteiger partial charge in [0.25, 0.3) is 0 Å². The van der Waals surface area contributed by atoms with E-state index in [1.165, 1.54) is 6.42 Å². The number of hydrogen-bond acceptors (Lipinski definition) is 4. The first-order valence-electron chi connectivity index (χ1n) is 8.16. The second kappa shape index (κ2) is 8.07. The van der Waals surface area contributed by atoms with Crippen molar-refractivity contribution < 1.29 is 9.47 Å². The Bertz CT molecular complexity index is 762. The summed E-state index contributed by atoms with van der Waals surface area (Å²) in [4.78, 5) is 8.58. The predicted octanol–water partition coefficient (Wildman–Crippen LogP) is 3.60. The van der Waals surface area contributed by atoms with Crippen molar-refractivity contribution in [1.29, 1.82) is 0 Å². The van der Waals surface area contributed by atoms with E-state index in [-0.39, 0.29) is 0 Å². The Balaban J connectivity index is 1.59. The summed E-state index contributed by atoms with van der Waals surface area (Å²) in [5, 5.41) is 3.52. The molecule has 2 aromatic rings. The maximum absolute atomic E-state index is 6.09. The minimum Gasteiger partial charge on any atom is -0.495 e. The number of methoxy groups -OCH3 is 1. The lowest BCUT2D eigenvalue weighted by Crippen LogP contribution is -2.25. The van der Waals surface area contributed by atoms with Crippen LogP contribution in [-0.4, -0.2) is 24.2 Å². The SMILES string of the molecule is COc1ccc(NC(N)=NCc2ccnc(OC3CCC3)c2)cc1Cl. The number of rotatable bonds is 6. The molecule has 7 heteroatoms. The van der Waals surface area contributed by atoms with Crippen LogP contribution in [0.5, 0.6) is 11.6 Å². The van der Waals surface area contributed by atoms with E-state index in [4.69, 9.17) is 26.8 Å². The molecular formula is C18H21ClN4O2. The van der Waals surface area contributed by atoms with Crippen LogP contribution in [0.1, 0.15) is 24.8 Å². The molecule has 0 amide bonds. The van der Waals surface area contributed by atoms with Crippen LogP contribution in [0.2, 0.25) is 5.02 Å². The van der Waals surface area contributed by atoms with E-state index in [2.05, 4.69) is 15.3 Å². The van der Waals surface area contributed by atoms with E-state index < -0.39 is 0 Å². The Morgan fingerprint density at radius 2 is 2.20 bits per heavy atom. The third-order valence-electron chi connectivity index (χ3n) is 4.00. The number of guanidine groups is 1. The monoisotopic (exact) mass is 360 g/mol. The largest absolute Gasteiger partial charge is 0.495 e. The molecule has 6 nitrogen and oxygen atoms in total. The fourth-order valence-corrected chi connectivity index (χ4v) is 2.64. The van der Waals surface area contributed by atoms with Gasteiger partial charge in [-0.1, -0.05) is 11.6 Å². The van der Waals surface area contributed by atoms with Gasteiger partial charge in [-0.25, -0.2) is 9.98 Å². The molecule has 132 valence electrons. The number of halogens is 1. The number of aliphatic imine (C=N–C) groups is 1. The third kappa shape index (κ3) is 4.76. The summed E-state index contributed by atoms with van der Waals surface area (Å²) in [5.41, 5.74) is 7.68. The zero-order chi connectivity index (χ0) is 17.6. The van der Waals surface area contributed by atoms with Crippen molar-refractivity contribution in [3.63, 3.8) is 0 Å². The third-order valence-corrected chi connectivity index (χ3v) is 4.29. The molecule has 0 bridgehead atoms. The number of pyridine rings is 1. The number of nitrogens with one attached hydrogen (secondary N) is 1. The van der Waals surface area contributed by atoms with Gasteiger partial charge < -0.3 is 20.5 Å². The molecule has 1 aromatic carbocycles. The van der Waals surface area contributed by atoms with Crippen molar-refractivity contribution in [1.82, 2.24) is 4.98 Å². The first-order valence-corrected chi connectivity index (χ1v) is 8.54. The topological polar surface area (TPSA) is 81.8 Å². The van der Waals surface area contributed by atoms with E-state index in [0.717, 1.165) is 24.1 Å². The van der Waals surface area contributed by atoms with Gasteiger partial charge >= 0.3 is 0 Å². The van der Waals surface area contributed by atoms with E-state index in [1.54, 1.807) is 25.4 Å². The molecule has 1 aliphatic rings. The lowest BCUT2D eigenvalue weighted by molar-refractivity contribution is 0.114. The van der Waals surface area contributed by atoms with E-state index in [0.29, 0.717) is 35.3 Å². The molecule has 1 heterocycles. The summed E-state index contributed by atoms with van der Waals surface area (Å²) in [6.07, 6.45) is 5.46. The molecular weight excluding hydrogens is 340 g/mol. The lowest BCUT2D eigenvalue weighted by Gasteiger charge is -2.25. The quantitative estimate of drug-likeness (QED) is 0.607. The van der Waals surface area contributed by atoms with Gasteiger partial charge in [-0.2, -0.15) is 0 Å². The summed E-state index contributed by atoms with van der Waals surface area (Å²) >= 11 is 6.09. The summed E-state index contributed by atoms with van der Waals surface area (Å²) < 4.78 is 10.9. The molecule has 0 spiro atoms. The van der Waals surface area contributed by atoms with Gasteiger partial charge in [-0.3, -0.25) is 0 Å². The van der Waals surface area contributed by atoms with Crippen LogP contribution in [0.3, 0.4) is 0 Å². The highest BCUT2D eigenvalue weighted by molar-refractivity contribution is 6.32. The number of ether oxygens (including phenoxy) is 2. The number of aromatic nitrogens is 1. The predicted molar refractivity (Wildman–Crippen MR) is 99.5 cm³/mol. The Morgan fingerprint density at radius 1 is 1.36 bits per heavy atom. The second-order valence-electron chi connectivity index (χ2n) is 5.85. The number of nitrogens with two attached hydrogens (primary N) is 1. The van der Waals surface area contributed by atoms with Crippen LogP contribution in [0.25, 0.3) is 0 Å². The zero-order valence-electron chi connectivity index (χ0n) is 14.0.